The van der Waals surface area contributed by atoms with Gasteiger partial charge in [0.1, 0.15) is 10.1 Å². The molecule has 0 aliphatic rings. The maximum absolute atomic E-state index is 11.3. The molecule has 2 rings (SSSR count). The van der Waals surface area contributed by atoms with E-state index in [1.807, 2.05) is 12.1 Å². The van der Waals surface area contributed by atoms with E-state index < -0.39 is 10.1 Å². The van der Waals surface area contributed by atoms with Crippen molar-refractivity contribution in [3.05, 3.63) is 42.0 Å². The average molecular weight is 316 g/mol. The van der Waals surface area contributed by atoms with Crippen LogP contribution in [0.3, 0.4) is 0 Å². The van der Waals surface area contributed by atoms with E-state index in [1.165, 1.54) is 6.07 Å². The van der Waals surface area contributed by atoms with Gasteiger partial charge in [-0.25, -0.2) is 8.42 Å². The molecule has 0 N–H and O–H groups in total. The van der Waals surface area contributed by atoms with E-state index in [2.05, 4.69) is 6.92 Å². The average Bonchev–Trinajstić information content (AvgIpc) is 2.37. The number of aryl methyl sites for hydroxylation is 1. The van der Waals surface area contributed by atoms with E-state index in [4.69, 9.17) is 0 Å². The van der Waals surface area contributed by atoms with Gasteiger partial charge in [0.15, 0.2) is 0 Å². The molecule has 5 heteroatoms. The van der Waals surface area contributed by atoms with Crippen molar-refractivity contribution in [2.75, 3.05) is 0 Å². The first-order valence-electron chi connectivity index (χ1n) is 6.50. The minimum absolute atomic E-state index is 0. The Morgan fingerprint density at radius 2 is 1.65 bits per heavy atom. The zero-order chi connectivity index (χ0) is 13.9. The van der Waals surface area contributed by atoms with Crippen LogP contribution in [-0.2, 0) is 16.5 Å². The van der Waals surface area contributed by atoms with Gasteiger partial charge in [0.25, 0.3) is 0 Å². The van der Waals surface area contributed by atoms with Crippen molar-refractivity contribution in [3.63, 3.8) is 0 Å². The van der Waals surface area contributed by atoms with Crippen LogP contribution in [0.25, 0.3) is 10.8 Å². The zero-order valence-corrected chi connectivity index (χ0v) is 15.9. The number of hydrogen-bond acceptors (Lipinski definition) is 3. The molecule has 2 aromatic rings. The van der Waals surface area contributed by atoms with E-state index >= 15 is 0 Å². The second-order valence-electron chi connectivity index (χ2n) is 4.68. The summed E-state index contributed by atoms with van der Waals surface area (Å²) in [4.78, 5) is -0.123. The molecule has 0 aromatic heterocycles. The van der Waals surface area contributed by atoms with Gasteiger partial charge in [-0.15, -0.1) is 0 Å². The Hall–Kier alpha value is 0.246. The first-order chi connectivity index (χ1) is 9.04. The van der Waals surface area contributed by atoms with Crippen LogP contribution in [0.15, 0.2) is 41.3 Å². The number of unbranched alkanes of at least 4 members (excludes halogenated alkanes) is 2. The monoisotopic (exact) mass is 316 g/mol. The number of benzene rings is 2. The standard InChI is InChI=1S/C15H18O3S.K/c1-2-3-4-7-12-10-11-15(19(16,17)18)14-9-6-5-8-13(12)14;/h5-6,8-11H,2-4,7H2,1H3,(H,16,17,18);/q;+1/p-1. The Morgan fingerprint density at radius 1 is 1.00 bits per heavy atom. The van der Waals surface area contributed by atoms with Crippen molar-refractivity contribution in [1.82, 2.24) is 0 Å². The Labute approximate surface area is 162 Å². The number of fused-ring (bicyclic) bond motifs is 1. The van der Waals surface area contributed by atoms with E-state index in [0.717, 1.165) is 36.6 Å². The zero-order valence-electron chi connectivity index (χ0n) is 11.9. The molecule has 2 aromatic carbocycles. The molecule has 0 saturated heterocycles. The predicted octanol–water partition coefficient (Wildman–Crippen LogP) is 0.481. The molecule has 0 aliphatic carbocycles. The summed E-state index contributed by atoms with van der Waals surface area (Å²) in [5.74, 6) is 0. The molecule has 0 heterocycles. The third-order valence-electron chi connectivity index (χ3n) is 3.29. The third-order valence-corrected chi connectivity index (χ3v) is 4.19. The van der Waals surface area contributed by atoms with Crippen molar-refractivity contribution in [1.29, 1.82) is 0 Å². The maximum atomic E-state index is 11.3. The van der Waals surface area contributed by atoms with Crippen molar-refractivity contribution < 1.29 is 64.4 Å². The van der Waals surface area contributed by atoms with Gasteiger partial charge >= 0.3 is 51.4 Å². The van der Waals surface area contributed by atoms with E-state index in [-0.39, 0.29) is 56.3 Å². The summed E-state index contributed by atoms with van der Waals surface area (Å²) in [6, 6.07) is 10.4. The molecule has 0 radical (unpaired) electrons. The van der Waals surface area contributed by atoms with Crippen LogP contribution in [0.1, 0.15) is 31.7 Å². The van der Waals surface area contributed by atoms with E-state index in [9.17, 15) is 13.0 Å². The Balaban J connectivity index is 0.00000200. The van der Waals surface area contributed by atoms with E-state index in [1.54, 1.807) is 18.2 Å². The van der Waals surface area contributed by atoms with Gasteiger partial charge < -0.3 is 4.55 Å². The summed E-state index contributed by atoms with van der Waals surface area (Å²) in [6.07, 6.45) is 4.28. The molecule has 20 heavy (non-hydrogen) atoms. The molecule has 0 aliphatic heterocycles. The quantitative estimate of drug-likeness (QED) is 0.458. The van der Waals surface area contributed by atoms with Gasteiger partial charge in [-0.2, -0.15) is 0 Å². The smallest absolute Gasteiger partial charge is 0.744 e. The SMILES string of the molecule is CCCCCc1ccc(S(=O)(=O)[O-])c2ccccc12.[K+]. The molecule has 0 spiro atoms. The van der Waals surface area contributed by atoms with Crippen LogP contribution in [0.5, 0.6) is 0 Å². The Morgan fingerprint density at radius 3 is 2.25 bits per heavy atom. The van der Waals surface area contributed by atoms with Crippen LogP contribution in [0.4, 0.5) is 0 Å². The van der Waals surface area contributed by atoms with Gasteiger partial charge in [-0.05, 0) is 35.2 Å². The minimum Gasteiger partial charge on any atom is -0.744 e. The first-order valence-corrected chi connectivity index (χ1v) is 7.91. The molecule has 3 nitrogen and oxygen atoms in total. The Bertz CT molecular complexity index is 681. The second-order valence-corrected chi connectivity index (χ2v) is 6.03. The molecule has 0 fully saturated rings. The van der Waals surface area contributed by atoms with Gasteiger partial charge in [0, 0.05) is 0 Å². The fourth-order valence-electron chi connectivity index (χ4n) is 2.34. The minimum atomic E-state index is -4.42. The predicted molar refractivity (Wildman–Crippen MR) is 75.1 cm³/mol. The van der Waals surface area contributed by atoms with Gasteiger partial charge in [-0.1, -0.05) is 50.1 Å². The first kappa shape index (κ1) is 18.3. The van der Waals surface area contributed by atoms with Gasteiger partial charge in [-0.3, -0.25) is 0 Å². The topological polar surface area (TPSA) is 57.2 Å². The van der Waals surface area contributed by atoms with Crippen LogP contribution in [-0.4, -0.2) is 13.0 Å². The summed E-state index contributed by atoms with van der Waals surface area (Å²) in [6.45, 7) is 2.14. The molecular formula is C15H17KO3S. The van der Waals surface area contributed by atoms with Gasteiger partial charge in [0.05, 0.1) is 4.90 Å². The molecule has 0 unspecified atom stereocenters. The fourth-order valence-corrected chi connectivity index (χ4v) is 3.02. The molecule has 0 bridgehead atoms. The largest absolute Gasteiger partial charge is 1.00 e. The van der Waals surface area contributed by atoms with Crippen LogP contribution in [0.2, 0.25) is 0 Å². The summed E-state index contributed by atoms with van der Waals surface area (Å²) in [5, 5.41) is 1.40. The summed E-state index contributed by atoms with van der Waals surface area (Å²) in [5.41, 5.74) is 1.11. The van der Waals surface area contributed by atoms with Crippen LogP contribution >= 0.6 is 0 Å². The molecule has 0 atom stereocenters. The number of hydrogen-bond donors (Lipinski definition) is 0. The summed E-state index contributed by atoms with van der Waals surface area (Å²) in [7, 11) is -4.42. The van der Waals surface area contributed by atoms with E-state index in [0.29, 0.717) is 5.39 Å². The van der Waals surface area contributed by atoms with Crippen molar-refractivity contribution in [3.8, 4) is 0 Å². The summed E-state index contributed by atoms with van der Waals surface area (Å²) >= 11 is 0. The van der Waals surface area contributed by atoms with Crippen molar-refractivity contribution in [2.45, 2.75) is 37.5 Å². The molecule has 0 amide bonds. The summed E-state index contributed by atoms with van der Waals surface area (Å²) < 4.78 is 33.8. The Kier molecular flexibility index (Phi) is 7.35. The molecule has 0 saturated carbocycles. The fraction of sp³-hybridized carbons (Fsp3) is 0.333. The van der Waals surface area contributed by atoms with Crippen LogP contribution in [0, 0.1) is 0 Å². The molecular weight excluding hydrogens is 299 g/mol. The maximum Gasteiger partial charge on any atom is 1.00 e. The molecule has 102 valence electrons. The normalized spacial score (nSPS) is 11.3. The van der Waals surface area contributed by atoms with Crippen LogP contribution < -0.4 is 51.4 Å². The third kappa shape index (κ3) is 4.37. The van der Waals surface area contributed by atoms with Crippen molar-refractivity contribution in [2.24, 2.45) is 0 Å². The number of rotatable bonds is 5. The van der Waals surface area contributed by atoms with Gasteiger partial charge in [0.2, 0.25) is 0 Å². The second kappa shape index (κ2) is 8.03. The van der Waals surface area contributed by atoms with Crippen molar-refractivity contribution >= 4 is 20.9 Å².